The SMILES string of the molecule is Cc1cccn2c3c(nc12)-c1cccc(Br)c1C3. The summed E-state index contributed by atoms with van der Waals surface area (Å²) in [5, 5.41) is 0. The predicted molar refractivity (Wildman–Crippen MR) is 75.9 cm³/mol. The maximum Gasteiger partial charge on any atom is 0.140 e. The van der Waals surface area contributed by atoms with Crippen LogP contribution in [0.1, 0.15) is 16.8 Å². The maximum atomic E-state index is 4.82. The van der Waals surface area contributed by atoms with Crippen LogP contribution < -0.4 is 0 Å². The summed E-state index contributed by atoms with van der Waals surface area (Å²) >= 11 is 3.63. The number of benzene rings is 1. The number of rotatable bonds is 0. The molecule has 88 valence electrons. The normalized spacial score (nSPS) is 12.8. The van der Waals surface area contributed by atoms with Crippen molar-refractivity contribution in [2.45, 2.75) is 13.3 Å². The van der Waals surface area contributed by atoms with E-state index in [2.05, 4.69) is 63.8 Å². The molecule has 0 N–H and O–H groups in total. The molecule has 0 amide bonds. The molecule has 0 saturated heterocycles. The number of hydrogen-bond acceptors (Lipinski definition) is 1. The lowest BCUT2D eigenvalue weighted by molar-refractivity contribution is 1.04. The number of aryl methyl sites for hydroxylation is 1. The maximum absolute atomic E-state index is 4.82. The predicted octanol–water partition coefficient (Wildman–Crippen LogP) is 3.98. The van der Waals surface area contributed by atoms with Crippen LogP contribution in [-0.4, -0.2) is 9.38 Å². The van der Waals surface area contributed by atoms with E-state index in [1.54, 1.807) is 0 Å². The Hall–Kier alpha value is -1.61. The van der Waals surface area contributed by atoms with Gasteiger partial charge in [0.1, 0.15) is 5.65 Å². The second kappa shape index (κ2) is 3.45. The highest BCUT2D eigenvalue weighted by atomic mass is 79.9. The van der Waals surface area contributed by atoms with E-state index in [-0.39, 0.29) is 0 Å². The van der Waals surface area contributed by atoms with Crippen molar-refractivity contribution in [1.29, 1.82) is 0 Å². The van der Waals surface area contributed by atoms with Gasteiger partial charge in [-0.2, -0.15) is 0 Å². The van der Waals surface area contributed by atoms with Gasteiger partial charge in [-0.1, -0.05) is 34.1 Å². The number of halogens is 1. The summed E-state index contributed by atoms with van der Waals surface area (Å²) in [7, 11) is 0. The van der Waals surface area contributed by atoms with E-state index in [1.165, 1.54) is 26.9 Å². The van der Waals surface area contributed by atoms with Gasteiger partial charge in [0, 0.05) is 22.7 Å². The van der Waals surface area contributed by atoms with Crippen LogP contribution >= 0.6 is 15.9 Å². The van der Waals surface area contributed by atoms with Crippen molar-refractivity contribution in [3.63, 3.8) is 0 Å². The first kappa shape index (κ1) is 10.3. The number of hydrogen-bond donors (Lipinski definition) is 0. The van der Waals surface area contributed by atoms with Crippen molar-refractivity contribution < 1.29 is 0 Å². The number of aromatic nitrogens is 2. The van der Waals surface area contributed by atoms with E-state index >= 15 is 0 Å². The highest BCUT2D eigenvalue weighted by Gasteiger charge is 2.25. The van der Waals surface area contributed by atoms with Crippen LogP contribution in [0.15, 0.2) is 41.0 Å². The molecule has 2 aromatic heterocycles. The Labute approximate surface area is 113 Å². The Morgan fingerprint density at radius 1 is 1.22 bits per heavy atom. The van der Waals surface area contributed by atoms with Crippen molar-refractivity contribution in [3.8, 4) is 11.3 Å². The van der Waals surface area contributed by atoms with E-state index in [4.69, 9.17) is 4.98 Å². The van der Waals surface area contributed by atoms with Gasteiger partial charge in [-0.15, -0.1) is 0 Å². The molecule has 3 aromatic rings. The molecule has 0 radical (unpaired) electrons. The molecule has 18 heavy (non-hydrogen) atoms. The average molecular weight is 299 g/mol. The van der Waals surface area contributed by atoms with Crippen molar-refractivity contribution in [3.05, 3.63) is 57.8 Å². The van der Waals surface area contributed by atoms with Gasteiger partial charge in [0.05, 0.1) is 11.4 Å². The van der Waals surface area contributed by atoms with Gasteiger partial charge in [-0.25, -0.2) is 4.98 Å². The monoisotopic (exact) mass is 298 g/mol. The van der Waals surface area contributed by atoms with Gasteiger partial charge in [0.2, 0.25) is 0 Å². The summed E-state index contributed by atoms with van der Waals surface area (Å²) in [6.07, 6.45) is 3.06. The molecule has 0 fully saturated rings. The standard InChI is InChI=1S/C15H11BrN2/c1-9-4-3-7-18-13-8-11-10(5-2-6-12(11)16)14(13)17-15(9)18/h2-7H,8H2,1H3. The lowest BCUT2D eigenvalue weighted by Gasteiger charge is -2.03. The molecular formula is C15H11BrN2. The molecule has 1 aliphatic rings. The highest BCUT2D eigenvalue weighted by molar-refractivity contribution is 9.10. The number of imidazole rings is 1. The Morgan fingerprint density at radius 2 is 2.11 bits per heavy atom. The summed E-state index contributed by atoms with van der Waals surface area (Å²) in [6, 6.07) is 10.5. The van der Waals surface area contributed by atoms with Crippen molar-refractivity contribution in [1.82, 2.24) is 9.38 Å². The molecule has 0 aliphatic heterocycles. The number of pyridine rings is 1. The molecular weight excluding hydrogens is 288 g/mol. The van der Waals surface area contributed by atoms with Crippen molar-refractivity contribution in [2.24, 2.45) is 0 Å². The summed E-state index contributed by atoms with van der Waals surface area (Å²) in [4.78, 5) is 4.82. The highest BCUT2D eigenvalue weighted by Crippen LogP contribution is 2.40. The van der Waals surface area contributed by atoms with Gasteiger partial charge in [-0.3, -0.25) is 0 Å². The Morgan fingerprint density at radius 3 is 3.00 bits per heavy atom. The second-order valence-electron chi connectivity index (χ2n) is 4.73. The summed E-state index contributed by atoms with van der Waals surface area (Å²) < 4.78 is 3.40. The zero-order valence-electron chi connectivity index (χ0n) is 9.94. The Kier molecular flexibility index (Phi) is 1.98. The molecule has 4 rings (SSSR count). The minimum absolute atomic E-state index is 0.955. The van der Waals surface area contributed by atoms with Crippen LogP contribution in [0.2, 0.25) is 0 Å². The zero-order valence-corrected chi connectivity index (χ0v) is 11.5. The molecule has 0 saturated carbocycles. The summed E-state index contributed by atoms with van der Waals surface area (Å²) in [5.41, 5.74) is 7.36. The van der Waals surface area contributed by atoms with Gasteiger partial charge in [-0.05, 0) is 30.2 Å². The third-order valence-electron chi connectivity index (χ3n) is 3.66. The first-order chi connectivity index (χ1) is 8.75. The van der Waals surface area contributed by atoms with E-state index in [9.17, 15) is 0 Å². The fraction of sp³-hybridized carbons (Fsp3) is 0.133. The zero-order chi connectivity index (χ0) is 12.3. The Balaban J connectivity index is 2.11. The van der Waals surface area contributed by atoms with Crippen LogP contribution in [0, 0.1) is 6.92 Å². The molecule has 0 unspecified atom stereocenters. The lowest BCUT2D eigenvalue weighted by atomic mass is 10.1. The molecule has 0 spiro atoms. The molecule has 0 atom stereocenters. The first-order valence-corrected chi connectivity index (χ1v) is 6.79. The summed E-state index contributed by atoms with van der Waals surface area (Å²) in [5.74, 6) is 0. The van der Waals surface area contributed by atoms with Crippen LogP contribution in [-0.2, 0) is 6.42 Å². The van der Waals surface area contributed by atoms with Gasteiger partial charge < -0.3 is 4.40 Å². The molecule has 2 heterocycles. The number of nitrogens with zero attached hydrogens (tertiary/aromatic N) is 2. The van der Waals surface area contributed by atoms with Crippen LogP contribution in [0.3, 0.4) is 0 Å². The van der Waals surface area contributed by atoms with E-state index < -0.39 is 0 Å². The smallest absolute Gasteiger partial charge is 0.140 e. The molecule has 2 nitrogen and oxygen atoms in total. The molecule has 0 bridgehead atoms. The van der Waals surface area contributed by atoms with E-state index in [0.717, 1.165) is 17.8 Å². The second-order valence-corrected chi connectivity index (χ2v) is 5.59. The van der Waals surface area contributed by atoms with Crippen LogP contribution in [0.5, 0.6) is 0 Å². The topological polar surface area (TPSA) is 17.3 Å². The van der Waals surface area contributed by atoms with Crippen LogP contribution in [0.25, 0.3) is 16.9 Å². The van der Waals surface area contributed by atoms with Gasteiger partial charge in [0.25, 0.3) is 0 Å². The minimum Gasteiger partial charge on any atom is -0.303 e. The molecule has 1 aromatic carbocycles. The lowest BCUT2D eigenvalue weighted by Crippen LogP contribution is -1.93. The number of fused-ring (bicyclic) bond motifs is 5. The summed E-state index contributed by atoms with van der Waals surface area (Å²) in [6.45, 7) is 2.11. The first-order valence-electron chi connectivity index (χ1n) is 6.00. The third kappa shape index (κ3) is 1.20. The van der Waals surface area contributed by atoms with Crippen molar-refractivity contribution >= 4 is 21.6 Å². The largest absolute Gasteiger partial charge is 0.303 e. The average Bonchev–Trinajstić information content (AvgIpc) is 2.88. The fourth-order valence-corrected chi connectivity index (χ4v) is 3.27. The quantitative estimate of drug-likeness (QED) is 0.480. The van der Waals surface area contributed by atoms with E-state index in [0.29, 0.717) is 0 Å². The van der Waals surface area contributed by atoms with Crippen LogP contribution in [0.4, 0.5) is 0 Å². The van der Waals surface area contributed by atoms with E-state index in [1.807, 2.05) is 0 Å². The van der Waals surface area contributed by atoms with Gasteiger partial charge in [0.15, 0.2) is 0 Å². The van der Waals surface area contributed by atoms with Gasteiger partial charge >= 0.3 is 0 Å². The molecule has 1 aliphatic carbocycles. The van der Waals surface area contributed by atoms with Crippen molar-refractivity contribution in [2.75, 3.05) is 0 Å². The fourth-order valence-electron chi connectivity index (χ4n) is 2.77. The Bertz CT molecular complexity index is 787. The third-order valence-corrected chi connectivity index (χ3v) is 4.41. The minimum atomic E-state index is 0.955. The molecule has 3 heteroatoms.